The Kier molecular flexibility index (Phi) is 6.06. The first kappa shape index (κ1) is 11.7. The molecule has 0 radical (unpaired) electrons. The lowest BCUT2D eigenvalue weighted by atomic mass is 10.2. The number of carboxylic acids is 1. The fourth-order valence-corrected chi connectivity index (χ4v) is 0.946. The Balaban J connectivity index is 0.000000261. The fraction of sp³-hybridized carbons (Fsp3) is 0.857. The van der Waals surface area contributed by atoms with Gasteiger partial charge >= 0.3 is 0 Å². The first-order chi connectivity index (χ1) is 5.54. The first-order valence-electron chi connectivity index (χ1n) is 3.67. The first-order valence-corrected chi connectivity index (χ1v) is 4.11. The Bertz CT molecular complexity index is 125. The summed E-state index contributed by atoms with van der Waals surface area (Å²) >= 11 is 5.49. The summed E-state index contributed by atoms with van der Waals surface area (Å²) in [6.45, 7) is 1.77. The van der Waals surface area contributed by atoms with Crippen LogP contribution in [0.5, 0.6) is 0 Å². The van der Waals surface area contributed by atoms with E-state index in [9.17, 15) is 0 Å². The minimum absolute atomic E-state index is 0.453. The van der Waals surface area contributed by atoms with Crippen LogP contribution in [0, 0.1) is 0 Å². The molecule has 0 unspecified atom stereocenters. The molecule has 0 saturated carbocycles. The van der Waals surface area contributed by atoms with E-state index in [0.717, 1.165) is 19.8 Å². The van der Waals surface area contributed by atoms with Crippen LogP contribution < -0.4 is 0 Å². The predicted octanol–water partition coefficient (Wildman–Crippen LogP) is 0.813. The zero-order valence-corrected chi connectivity index (χ0v) is 7.62. The Morgan fingerprint density at radius 2 is 2.17 bits per heavy atom. The lowest BCUT2D eigenvalue weighted by molar-refractivity contribution is -0.134. The molecule has 0 bridgehead atoms. The number of aliphatic hydroxyl groups is 1. The molecule has 1 aliphatic rings. The van der Waals surface area contributed by atoms with Gasteiger partial charge in [-0.2, -0.15) is 0 Å². The molecule has 0 amide bonds. The minimum Gasteiger partial charge on any atom is -0.481 e. The van der Waals surface area contributed by atoms with Crippen LogP contribution in [0.3, 0.4) is 0 Å². The molecule has 1 saturated heterocycles. The maximum absolute atomic E-state index is 9.00. The van der Waals surface area contributed by atoms with Gasteiger partial charge in [0.25, 0.3) is 5.97 Å². The van der Waals surface area contributed by atoms with E-state index < -0.39 is 17.6 Å². The third kappa shape index (κ3) is 6.39. The Morgan fingerprint density at radius 3 is 2.42 bits per heavy atom. The monoisotopic (exact) mass is 196 g/mol. The number of ether oxygens (including phenoxy) is 1. The van der Waals surface area contributed by atoms with Gasteiger partial charge in [0.2, 0.25) is 0 Å². The summed E-state index contributed by atoms with van der Waals surface area (Å²) in [5, 5.41) is 16.3. The van der Waals surface area contributed by atoms with Gasteiger partial charge < -0.3 is 14.9 Å². The maximum atomic E-state index is 9.00. The summed E-state index contributed by atoms with van der Waals surface area (Å²) < 4.78 is 4.91. The highest BCUT2D eigenvalue weighted by Crippen LogP contribution is 2.15. The lowest BCUT2D eigenvalue weighted by Crippen LogP contribution is -2.28. The molecule has 1 rings (SSSR count). The van der Waals surface area contributed by atoms with Crippen LogP contribution >= 0.6 is 11.6 Å². The van der Waals surface area contributed by atoms with Gasteiger partial charge in [0.1, 0.15) is 0 Å². The van der Waals surface area contributed by atoms with E-state index in [1.807, 2.05) is 0 Å². The van der Waals surface area contributed by atoms with E-state index in [4.69, 9.17) is 31.3 Å². The number of carboxylic acid groups (broad SMARTS) is 1. The molecule has 0 aromatic heterocycles. The number of alkyl halides is 1. The summed E-state index contributed by atoms with van der Waals surface area (Å²) in [7, 11) is 0. The average molecular weight is 197 g/mol. The van der Waals surface area contributed by atoms with E-state index in [2.05, 4.69) is 0 Å². The number of hydrogen-bond acceptors (Lipinski definition) is 3. The molecule has 0 aromatic carbocycles. The number of halogens is 1. The van der Waals surface area contributed by atoms with Gasteiger partial charge in [-0.1, -0.05) is 11.6 Å². The third-order valence-electron chi connectivity index (χ3n) is 1.22. The predicted molar refractivity (Wildman–Crippen MR) is 44.1 cm³/mol. The minimum atomic E-state index is -0.833. The van der Waals surface area contributed by atoms with Crippen molar-refractivity contribution in [1.29, 1.82) is 0 Å². The summed E-state index contributed by atoms with van der Waals surface area (Å²) in [5.74, 6) is -0.833. The molecular weight excluding hydrogens is 184 g/mol. The molecule has 0 spiro atoms. The second kappa shape index (κ2) is 6.22. The van der Waals surface area contributed by atoms with Gasteiger partial charge in [-0.05, 0) is 12.8 Å². The van der Waals surface area contributed by atoms with Crippen LogP contribution in [-0.4, -0.2) is 34.5 Å². The summed E-state index contributed by atoms with van der Waals surface area (Å²) in [6, 6.07) is 0. The summed E-state index contributed by atoms with van der Waals surface area (Å²) in [6.07, 6.45) is 1.24. The zero-order valence-electron chi connectivity index (χ0n) is 6.86. The van der Waals surface area contributed by atoms with Gasteiger partial charge in [-0.3, -0.25) is 4.79 Å². The standard InChI is InChI=1S/C5H9ClO2.C2H4O2/c6-5-4(7)2-1-3-8-5;1-2(3)4/h4-5,7H,1-3H2;1H3,(H,3,4)/t4-,5-;/m0./s1. The van der Waals surface area contributed by atoms with Crippen LogP contribution in [0.1, 0.15) is 19.8 Å². The normalized spacial score (nSPS) is 28.6. The van der Waals surface area contributed by atoms with Crippen LogP contribution in [-0.2, 0) is 9.53 Å². The number of aliphatic hydroxyl groups excluding tert-OH is 1. The highest BCUT2D eigenvalue weighted by atomic mass is 35.5. The molecule has 0 aliphatic carbocycles. The number of aliphatic carboxylic acids is 1. The lowest BCUT2D eigenvalue weighted by Gasteiger charge is -2.22. The van der Waals surface area contributed by atoms with Gasteiger partial charge in [-0.15, -0.1) is 0 Å². The van der Waals surface area contributed by atoms with Crippen molar-refractivity contribution in [2.45, 2.75) is 31.4 Å². The highest BCUT2D eigenvalue weighted by molar-refractivity contribution is 6.20. The van der Waals surface area contributed by atoms with Gasteiger partial charge in [0.05, 0.1) is 6.10 Å². The van der Waals surface area contributed by atoms with Gasteiger partial charge in [0.15, 0.2) is 5.56 Å². The third-order valence-corrected chi connectivity index (χ3v) is 1.64. The van der Waals surface area contributed by atoms with E-state index in [0.29, 0.717) is 6.61 Å². The molecule has 4 nitrogen and oxygen atoms in total. The Labute approximate surface area is 76.1 Å². The molecule has 12 heavy (non-hydrogen) atoms. The van der Waals surface area contributed by atoms with E-state index in [1.54, 1.807) is 0 Å². The molecule has 0 aromatic rings. The molecule has 1 aliphatic heterocycles. The molecule has 2 N–H and O–H groups in total. The summed E-state index contributed by atoms with van der Waals surface area (Å²) in [4.78, 5) is 9.00. The van der Waals surface area contributed by atoms with E-state index in [-0.39, 0.29) is 0 Å². The second-order valence-corrected chi connectivity index (χ2v) is 2.88. The van der Waals surface area contributed by atoms with Gasteiger partial charge in [0, 0.05) is 13.5 Å². The second-order valence-electron chi connectivity index (χ2n) is 2.45. The number of rotatable bonds is 0. The molecular formula is C7H13ClO4. The van der Waals surface area contributed by atoms with Crippen LogP contribution in [0.15, 0.2) is 0 Å². The SMILES string of the molecule is CC(=O)O.O[C@H]1CCCO[C@@H]1Cl. The van der Waals surface area contributed by atoms with Crippen molar-refractivity contribution >= 4 is 17.6 Å². The fourth-order valence-electron chi connectivity index (χ4n) is 0.730. The Morgan fingerprint density at radius 1 is 1.67 bits per heavy atom. The molecule has 1 heterocycles. The smallest absolute Gasteiger partial charge is 0.300 e. The average Bonchev–Trinajstić information content (AvgIpc) is 1.94. The summed E-state index contributed by atoms with van der Waals surface area (Å²) in [5.41, 5.74) is -0.469. The number of carbonyl (C=O) groups is 1. The van der Waals surface area contributed by atoms with E-state index >= 15 is 0 Å². The maximum Gasteiger partial charge on any atom is 0.300 e. The van der Waals surface area contributed by atoms with Crippen molar-refractivity contribution in [3.05, 3.63) is 0 Å². The van der Waals surface area contributed by atoms with Crippen molar-refractivity contribution in [3.63, 3.8) is 0 Å². The van der Waals surface area contributed by atoms with Crippen molar-refractivity contribution < 1.29 is 19.7 Å². The van der Waals surface area contributed by atoms with Crippen LogP contribution in [0.2, 0.25) is 0 Å². The van der Waals surface area contributed by atoms with Crippen molar-refractivity contribution in [1.82, 2.24) is 0 Å². The van der Waals surface area contributed by atoms with Crippen molar-refractivity contribution in [2.75, 3.05) is 6.61 Å². The molecule has 1 fully saturated rings. The topological polar surface area (TPSA) is 66.8 Å². The van der Waals surface area contributed by atoms with E-state index in [1.165, 1.54) is 0 Å². The van der Waals surface area contributed by atoms with Gasteiger partial charge in [-0.25, -0.2) is 0 Å². The molecule has 72 valence electrons. The molecule has 2 atom stereocenters. The van der Waals surface area contributed by atoms with Crippen molar-refractivity contribution in [3.8, 4) is 0 Å². The molecule has 5 heteroatoms. The highest BCUT2D eigenvalue weighted by Gasteiger charge is 2.20. The quantitative estimate of drug-likeness (QED) is 0.563. The zero-order chi connectivity index (χ0) is 9.56. The number of hydrogen-bond donors (Lipinski definition) is 2. The van der Waals surface area contributed by atoms with Crippen LogP contribution in [0.25, 0.3) is 0 Å². The largest absolute Gasteiger partial charge is 0.481 e. The van der Waals surface area contributed by atoms with Crippen molar-refractivity contribution in [2.24, 2.45) is 0 Å². The Hall–Kier alpha value is -0.320. The van der Waals surface area contributed by atoms with Crippen LogP contribution in [0.4, 0.5) is 0 Å².